The number of nitrogens with two attached hydrogens (primary N) is 2. The number of anilines is 1. The Morgan fingerprint density at radius 3 is 1.24 bits per heavy atom. The number of hydrogen-bond donors (Lipinski definition) is 5. The molecule has 0 aromatic carbocycles. The standard InChI is InChI=1S/C15H9F6N3O3S.C13H8F3N3O3S.C11H8F3N3O2S.C11H6F3N3O2.C6H3ClF3NO2.C6H8N2O.C4H11O2PS2.C3H5F3O3S.C2H3BrO2/c1-26-7-2-3-24-8(4-7)22-11(15(19,20)21)10(13(24)25)12-23-9(5-28-12)27-6-14(16,17)18;1-22-6-2-3-19-7(4-6)17-10(13(14,15)16)9(12(19)21)11-18-8(20)5-23-11;1-19-5-2-3-17-6(4-5)16-8(11(12,13)14)7(9(15)20)10(17)18;1-19-6-2-3-17-8(4-6)16-9(11(12,13)14)7(5-15)10(17)18;1-13-5(12)3(2-11)4(7)6(8,9)10;1-9-5-2-3-8-6(7)4-5;1-3-5-7(8,9)6-4-2;1-2-9-10(7,8)3(4,5)6;3-1-2(4)5/h2-5H,6H2,1H3;2-5,20H,1H3;2-4H,1H3,(H2,15,20);2-4H,1H3;1H3;2-4H,1H3,(H2,7,8);3-4H2,1-2H3,(H,8,9);2H2,1H3;1H2,(H,4,5). The first-order chi connectivity index (χ1) is 62.8. The van der Waals surface area contributed by atoms with Gasteiger partial charge in [-0.05, 0) is 62.9 Å². The minimum Gasteiger partial charge on any atom is -0.497 e. The number of nitriles is 2. The molecule has 0 saturated carbocycles. The van der Waals surface area contributed by atoms with E-state index >= 15 is 0 Å². The molecule has 0 saturated heterocycles. The molecule has 0 aliphatic carbocycles. The highest BCUT2D eigenvalue weighted by molar-refractivity contribution is 9.09. The summed E-state index contributed by atoms with van der Waals surface area (Å²) in [6.07, 6.45) is -22.7. The number of alkyl halides is 22. The van der Waals surface area contributed by atoms with Gasteiger partial charge in [-0.2, -0.15) is 111 Å². The molecule has 0 amide bonds. The Hall–Kier alpha value is -12.1. The fraction of sp³-hybridized carbons (Fsp3) is 0.296. The monoisotopic (exact) mass is 2180 g/mol. The van der Waals surface area contributed by atoms with Crippen molar-refractivity contribution in [3.63, 3.8) is 0 Å². The van der Waals surface area contributed by atoms with Crippen LogP contribution in [0.5, 0.6) is 40.5 Å². The van der Waals surface area contributed by atoms with Crippen LogP contribution in [0.25, 0.3) is 43.7 Å². The summed E-state index contributed by atoms with van der Waals surface area (Å²) in [5, 5.41) is 33.4. The number of rotatable bonds is 18. The molecule has 742 valence electrons. The molecular formula is C71H61BrClF21N15O20PS6. The van der Waals surface area contributed by atoms with Gasteiger partial charge in [-0.15, -0.1) is 22.7 Å². The van der Waals surface area contributed by atoms with Crippen LogP contribution in [0.3, 0.4) is 0 Å². The number of aliphatic carboxylic acids is 1. The zero-order valence-electron chi connectivity index (χ0n) is 69.2. The van der Waals surface area contributed by atoms with E-state index in [4.69, 9.17) is 83.2 Å². The van der Waals surface area contributed by atoms with E-state index < -0.39 is 183 Å². The Bertz CT molecular complexity index is 6600. The van der Waals surface area contributed by atoms with Gasteiger partial charge in [0, 0.05) is 61.3 Å². The second kappa shape index (κ2) is 50.7. The molecule has 0 aliphatic heterocycles. The Morgan fingerprint density at radius 1 is 0.581 bits per heavy atom. The number of thiol groups is 1. The average Bonchev–Trinajstić information content (AvgIpc) is 1.01. The van der Waals surface area contributed by atoms with Crippen molar-refractivity contribution in [2.75, 3.05) is 80.2 Å². The number of carbonyl (C=O) groups excluding carboxylic acids is 1. The maximum atomic E-state index is 13.5. The van der Waals surface area contributed by atoms with E-state index in [1.54, 1.807) is 25.4 Å². The van der Waals surface area contributed by atoms with Crippen molar-refractivity contribution in [2.45, 2.75) is 63.3 Å². The van der Waals surface area contributed by atoms with Crippen LogP contribution in [0.4, 0.5) is 98.0 Å². The van der Waals surface area contributed by atoms with Gasteiger partial charge in [0.25, 0.3) is 22.2 Å². The smallest absolute Gasteiger partial charge is 0.497 e. The number of carbonyl (C=O) groups is 2. The number of methoxy groups -OCH3 is 6. The Balaban J connectivity index is 0.000000409. The molecule has 65 heteroatoms. The van der Waals surface area contributed by atoms with Crippen molar-refractivity contribution in [3.8, 4) is 73.8 Å². The quantitative estimate of drug-likeness (QED) is 0.00509. The normalized spacial score (nSPS) is 11.7. The van der Waals surface area contributed by atoms with Gasteiger partial charge < -0.3 is 63.9 Å². The highest BCUT2D eigenvalue weighted by Gasteiger charge is 2.48. The molecule has 6 N–H and O–H groups in total. The van der Waals surface area contributed by atoms with Gasteiger partial charge in [0.05, 0.1) is 73.2 Å². The van der Waals surface area contributed by atoms with E-state index in [1.807, 2.05) is 13.8 Å². The lowest BCUT2D eigenvalue weighted by molar-refractivity contribution is -0.154. The zero-order valence-corrected chi connectivity index (χ0v) is 77.4. The fourth-order valence-corrected chi connectivity index (χ4v) is 13.4. The second-order valence-electron chi connectivity index (χ2n) is 23.7. The molecule has 0 atom stereocenters. The number of carboxylic acids is 1. The van der Waals surface area contributed by atoms with Gasteiger partial charge in [-0.3, -0.25) is 45.8 Å². The lowest BCUT2D eigenvalue weighted by atomic mass is 10.2. The molecule has 0 fully saturated rings. The number of thiocarbonyl (C=S) groups is 1. The zero-order chi connectivity index (χ0) is 104. The average molecular weight is 2180 g/mol. The summed E-state index contributed by atoms with van der Waals surface area (Å²) in [6, 6.07) is 16.0. The summed E-state index contributed by atoms with van der Waals surface area (Å²) < 4.78 is 333. The van der Waals surface area contributed by atoms with Gasteiger partial charge in [0.1, 0.15) is 117 Å². The van der Waals surface area contributed by atoms with Crippen LogP contribution in [-0.2, 0) is 74.2 Å². The predicted molar refractivity (Wildman–Crippen MR) is 454 cm³/mol. The van der Waals surface area contributed by atoms with Gasteiger partial charge in [-0.25, -0.2) is 39.7 Å². The van der Waals surface area contributed by atoms with E-state index in [0.29, 0.717) is 30.4 Å². The predicted octanol–water partition coefficient (Wildman–Crippen LogP) is 15.2. The summed E-state index contributed by atoms with van der Waals surface area (Å²) in [6.45, 7) is 3.86. The number of aromatic hydroxyl groups is 1. The molecule has 136 heavy (non-hydrogen) atoms. The van der Waals surface area contributed by atoms with Crippen LogP contribution in [0.1, 0.15) is 54.7 Å². The van der Waals surface area contributed by atoms with E-state index in [2.05, 4.69) is 88.9 Å². The molecule has 0 spiro atoms. The molecular weight excluding hydrogens is 2120 g/mol. The Morgan fingerprint density at radius 2 is 0.949 bits per heavy atom. The van der Waals surface area contributed by atoms with Crippen LogP contribution in [-0.4, -0.2) is 180 Å². The molecule has 11 rings (SSSR count). The third-order valence-electron chi connectivity index (χ3n) is 14.6. The molecule has 11 heterocycles. The summed E-state index contributed by atoms with van der Waals surface area (Å²) in [4.78, 5) is 92.9. The number of halogens is 23. The van der Waals surface area contributed by atoms with Crippen molar-refractivity contribution in [3.05, 3.63) is 188 Å². The molecule has 0 bridgehead atoms. The number of ether oxygens (including phenoxy) is 7. The highest BCUT2D eigenvalue weighted by atomic mass is 79.9. The molecule has 0 aliphatic rings. The lowest BCUT2D eigenvalue weighted by Crippen LogP contribution is -2.32. The Kier molecular flexibility index (Phi) is 44.0. The largest absolute Gasteiger partial charge is 0.523 e. The maximum absolute atomic E-state index is 13.5. The number of allylic oxidation sites excluding steroid dienone is 1. The van der Waals surface area contributed by atoms with Crippen LogP contribution in [0.2, 0.25) is 0 Å². The SMILES string of the molecule is CCOP(=S)(S)OCC.CCOS(=O)(=O)C(F)(F)F.COC(=O)C(C#N)=C(Cl)C(F)(F)F.COc1ccn2c(=O)c(-c3nc(O)cs3)c(C(F)(F)F)nc2c1.COc1ccn2c(=O)c(-c3nc(OCC(F)(F)F)cs3)c(C(F)(F)F)nc2c1.COc1ccn2c(=O)c(C#N)c(C(F)(F)F)nc2c1.COc1ccn2c(=O)c(C(N)=S)c(C(F)(F)F)nc2c1.COc1ccnc(N)c1.O=C(O)CBr. The van der Waals surface area contributed by atoms with Crippen molar-refractivity contribution in [1.82, 2.24) is 52.5 Å². The minimum absolute atomic E-state index is 0.0347. The lowest BCUT2D eigenvalue weighted by Gasteiger charge is -2.13. The molecule has 0 radical (unpaired) electrons. The van der Waals surface area contributed by atoms with Crippen molar-refractivity contribution in [2.24, 2.45) is 5.73 Å². The highest BCUT2D eigenvalue weighted by Crippen LogP contribution is 2.53. The van der Waals surface area contributed by atoms with Gasteiger partial charge in [0.2, 0.25) is 17.5 Å². The van der Waals surface area contributed by atoms with Crippen LogP contribution < -0.4 is 62.1 Å². The molecule has 11 aromatic heterocycles. The number of carboxylic acid groups (broad SMARTS) is 1. The number of pyridine rings is 5. The van der Waals surface area contributed by atoms with Crippen LogP contribution in [0.15, 0.2) is 132 Å². The van der Waals surface area contributed by atoms with Gasteiger partial charge in [0.15, 0.2) is 35.0 Å². The van der Waals surface area contributed by atoms with Gasteiger partial charge >= 0.3 is 64.6 Å². The summed E-state index contributed by atoms with van der Waals surface area (Å²) >= 11 is 22.1. The van der Waals surface area contributed by atoms with E-state index in [9.17, 15) is 134 Å². The number of hydrogen-bond acceptors (Lipinski definition) is 33. The number of fused-ring (bicyclic) bond motifs is 4. The first-order valence-corrected chi connectivity index (χ1v) is 43.9. The van der Waals surface area contributed by atoms with E-state index in [0.717, 1.165) is 71.6 Å². The van der Waals surface area contributed by atoms with E-state index in [1.165, 1.54) is 102 Å². The first-order valence-electron chi connectivity index (χ1n) is 35.1. The van der Waals surface area contributed by atoms with Gasteiger partial charge in [-0.1, -0.05) is 52.0 Å². The molecule has 11 aromatic rings. The number of nitrogens with zero attached hydrogens (tertiary/aromatic N) is 13. The third-order valence-corrected chi connectivity index (χ3v) is 21.0. The topological polar surface area (TPSA) is 477 Å². The molecule has 0 unspecified atom stereocenters. The fourth-order valence-electron chi connectivity index (χ4n) is 9.06. The molecule has 35 nitrogen and oxygen atoms in total. The summed E-state index contributed by atoms with van der Waals surface area (Å²) in [5.41, 5.74) is -12.4. The van der Waals surface area contributed by atoms with Crippen molar-refractivity contribution >= 4 is 148 Å². The van der Waals surface area contributed by atoms with Crippen molar-refractivity contribution < 1.29 is 167 Å². The number of thiazole rings is 2. The number of nitrogen functional groups attached to an aromatic ring is 1. The van der Waals surface area contributed by atoms with Crippen molar-refractivity contribution in [1.29, 1.82) is 10.5 Å². The number of aromatic nitrogens is 11. The minimum atomic E-state index is -5.35. The first kappa shape index (κ1) is 118. The maximum Gasteiger partial charge on any atom is 0.523 e. The number of esters is 1. The third kappa shape index (κ3) is 34.6. The summed E-state index contributed by atoms with van der Waals surface area (Å²) in [5.74, 6) is -1.05. The summed E-state index contributed by atoms with van der Waals surface area (Å²) in [7, 11) is 2.41. The second-order valence-corrected chi connectivity index (χ2v) is 33.7. The van der Waals surface area contributed by atoms with E-state index in [-0.39, 0.29) is 55.9 Å². The van der Waals surface area contributed by atoms with Crippen LogP contribution >= 0.6 is 80.4 Å². The van der Waals surface area contributed by atoms with Crippen LogP contribution in [0, 0.1) is 22.7 Å². The Labute approximate surface area is 784 Å².